The van der Waals surface area contributed by atoms with E-state index in [-0.39, 0.29) is 17.8 Å². The number of carbonyl (C=O) groups is 2. The molecule has 2 heterocycles. The van der Waals surface area contributed by atoms with Crippen molar-refractivity contribution >= 4 is 17.6 Å². The van der Waals surface area contributed by atoms with Crippen LogP contribution in [0, 0.1) is 12.7 Å². The van der Waals surface area contributed by atoms with E-state index in [2.05, 4.69) is 10.3 Å². The molecule has 3 aromatic rings. The fraction of sp³-hybridized carbons (Fsp3) is 0.387. The number of rotatable bonds is 6. The van der Waals surface area contributed by atoms with Gasteiger partial charge < -0.3 is 9.64 Å². The molecule has 0 unspecified atom stereocenters. The van der Waals surface area contributed by atoms with Crippen molar-refractivity contribution in [2.45, 2.75) is 63.5 Å². The highest BCUT2D eigenvalue weighted by Crippen LogP contribution is 2.41. The molecule has 4 rings (SSSR count). The lowest BCUT2D eigenvalue weighted by Crippen LogP contribution is -2.42. The van der Waals surface area contributed by atoms with E-state index in [1.807, 2.05) is 0 Å². The number of anilines is 1. The highest BCUT2D eigenvalue weighted by atomic mass is 19.4. The Morgan fingerprint density at radius 2 is 1.50 bits per heavy atom. The van der Waals surface area contributed by atoms with Crippen molar-refractivity contribution in [1.29, 1.82) is 0 Å². The largest absolute Gasteiger partial charge is 0.468 e. The second-order valence-corrected chi connectivity index (χ2v) is 11.2. The summed E-state index contributed by atoms with van der Waals surface area (Å²) in [7, 11) is 2.61. The molecule has 1 N–H and O–H groups in total. The average Bonchev–Trinajstić information content (AvgIpc) is 3.45. The van der Waals surface area contributed by atoms with Gasteiger partial charge in [0.1, 0.15) is 11.9 Å². The van der Waals surface area contributed by atoms with E-state index >= 15 is 0 Å². The molecule has 1 aliphatic heterocycles. The molecule has 1 aliphatic rings. The summed E-state index contributed by atoms with van der Waals surface area (Å²) in [5.41, 5.74) is -3.27. The van der Waals surface area contributed by atoms with Gasteiger partial charge in [0.15, 0.2) is 0 Å². The van der Waals surface area contributed by atoms with Gasteiger partial charge >= 0.3 is 18.3 Å². The number of nitrogens with one attached hydrogen (secondary N) is 1. The van der Waals surface area contributed by atoms with E-state index < -0.39 is 58.2 Å². The molecule has 236 valence electrons. The minimum Gasteiger partial charge on any atom is -0.468 e. The van der Waals surface area contributed by atoms with Crippen molar-refractivity contribution in [3.8, 4) is 11.1 Å². The average molecular weight is 626 g/mol. The first-order valence-electron chi connectivity index (χ1n) is 13.5. The van der Waals surface area contributed by atoms with Crippen LogP contribution < -0.4 is 10.2 Å². The SMILES string of the molecule is COC(=O)[C@H]1CC[C@@H](c2cc(-c3ccc(F)cc3C)c(N(C)C(=O)C(C)(C)c3cc(C(F)(F)F)cc(C(F)(F)F)c3)cn2)N1. The van der Waals surface area contributed by atoms with E-state index in [0.29, 0.717) is 47.4 Å². The van der Waals surface area contributed by atoms with Crippen molar-refractivity contribution in [2.75, 3.05) is 19.1 Å². The number of likely N-dealkylation sites (N-methyl/N-ethyl adjacent to an activating group) is 1. The van der Waals surface area contributed by atoms with Gasteiger partial charge in [-0.05, 0) is 86.7 Å². The Kier molecular flexibility index (Phi) is 8.85. The smallest absolute Gasteiger partial charge is 0.416 e. The molecule has 13 heteroatoms. The number of benzene rings is 2. The Balaban J connectivity index is 1.80. The number of esters is 1. The molecule has 44 heavy (non-hydrogen) atoms. The Morgan fingerprint density at radius 3 is 2.05 bits per heavy atom. The summed E-state index contributed by atoms with van der Waals surface area (Å²) in [4.78, 5) is 31.5. The Morgan fingerprint density at radius 1 is 0.909 bits per heavy atom. The van der Waals surface area contributed by atoms with Crippen LogP contribution in [0.15, 0.2) is 48.7 Å². The van der Waals surface area contributed by atoms with Crippen LogP contribution >= 0.6 is 0 Å². The molecular formula is C31H30F7N3O3. The molecule has 0 saturated carbocycles. The van der Waals surface area contributed by atoms with Crippen LogP contribution in [0.5, 0.6) is 0 Å². The number of alkyl halides is 6. The second-order valence-electron chi connectivity index (χ2n) is 11.2. The number of halogens is 7. The summed E-state index contributed by atoms with van der Waals surface area (Å²) in [6.07, 6.45) is -7.80. The third-order valence-corrected chi connectivity index (χ3v) is 7.88. The lowest BCUT2D eigenvalue weighted by atomic mass is 9.81. The van der Waals surface area contributed by atoms with Crippen LogP contribution in [0.2, 0.25) is 0 Å². The summed E-state index contributed by atoms with van der Waals surface area (Å²) in [6.45, 7) is 4.12. The van der Waals surface area contributed by atoms with Gasteiger partial charge in [-0.25, -0.2) is 4.39 Å². The fourth-order valence-corrected chi connectivity index (χ4v) is 5.34. The molecule has 0 radical (unpaired) electrons. The molecule has 1 fully saturated rings. The standard InChI is InChI=1S/C31H30F7N3O3/c1-16-10-20(32)6-7-21(16)22-14-25(23-8-9-24(40-23)27(42)44-5)39-15-26(22)41(4)28(43)29(2,3)17-11-18(30(33,34)35)13-19(12-17)31(36,37)38/h6-7,10-15,23-24,40H,8-9H2,1-5H3/t23-,24+/m0/s1. The van der Waals surface area contributed by atoms with Crippen LogP contribution in [0.1, 0.15) is 60.7 Å². The summed E-state index contributed by atoms with van der Waals surface area (Å²) in [6, 6.07) is 5.83. The molecule has 6 nitrogen and oxygen atoms in total. The second kappa shape index (κ2) is 11.8. The van der Waals surface area contributed by atoms with Crippen molar-refractivity contribution in [3.05, 3.63) is 82.4 Å². The van der Waals surface area contributed by atoms with E-state index in [0.717, 1.165) is 4.90 Å². The van der Waals surface area contributed by atoms with Gasteiger partial charge in [0, 0.05) is 12.6 Å². The third-order valence-electron chi connectivity index (χ3n) is 7.88. The first-order chi connectivity index (χ1) is 20.3. The number of aromatic nitrogens is 1. The molecule has 0 bridgehead atoms. The maximum Gasteiger partial charge on any atom is 0.416 e. The number of hydrogen-bond acceptors (Lipinski definition) is 5. The zero-order chi connectivity index (χ0) is 32.8. The number of amides is 1. The summed E-state index contributed by atoms with van der Waals surface area (Å²) >= 11 is 0. The zero-order valence-electron chi connectivity index (χ0n) is 24.5. The lowest BCUT2D eigenvalue weighted by molar-refractivity contribution is -0.144. The van der Waals surface area contributed by atoms with Crippen molar-refractivity contribution in [1.82, 2.24) is 10.3 Å². The van der Waals surface area contributed by atoms with Crippen molar-refractivity contribution in [3.63, 3.8) is 0 Å². The number of methoxy groups -OCH3 is 1. The van der Waals surface area contributed by atoms with Crippen LogP contribution in [0.4, 0.5) is 36.4 Å². The van der Waals surface area contributed by atoms with E-state index in [1.165, 1.54) is 52.4 Å². The quantitative estimate of drug-likeness (QED) is 0.233. The van der Waals surface area contributed by atoms with Crippen LogP contribution in [-0.4, -0.2) is 37.1 Å². The number of nitrogens with zero attached hydrogens (tertiary/aromatic N) is 2. The van der Waals surface area contributed by atoms with Gasteiger partial charge in [0.25, 0.3) is 0 Å². The maximum absolute atomic E-state index is 14.0. The van der Waals surface area contributed by atoms with E-state index in [1.54, 1.807) is 13.0 Å². The van der Waals surface area contributed by atoms with Crippen molar-refractivity contribution < 1.29 is 45.1 Å². The number of ether oxygens (including phenoxy) is 1. The Bertz CT molecular complexity index is 1550. The van der Waals surface area contributed by atoms with E-state index in [4.69, 9.17) is 4.74 Å². The predicted molar refractivity (Wildman–Crippen MR) is 148 cm³/mol. The number of pyridine rings is 1. The first kappa shape index (κ1) is 32.9. The summed E-state index contributed by atoms with van der Waals surface area (Å²) < 4.78 is 100. The molecule has 0 aliphatic carbocycles. The Hall–Kier alpha value is -4.00. The summed E-state index contributed by atoms with van der Waals surface area (Å²) in [5.74, 6) is -1.75. The highest BCUT2D eigenvalue weighted by Gasteiger charge is 2.41. The highest BCUT2D eigenvalue weighted by molar-refractivity contribution is 6.03. The van der Waals surface area contributed by atoms with Gasteiger partial charge in [0.05, 0.1) is 47.3 Å². The van der Waals surface area contributed by atoms with Gasteiger partial charge in [-0.2, -0.15) is 26.3 Å². The molecular weight excluding hydrogens is 595 g/mol. The normalized spacial score (nSPS) is 17.5. The molecule has 2 aromatic carbocycles. The molecule has 1 saturated heterocycles. The summed E-state index contributed by atoms with van der Waals surface area (Å²) in [5, 5.41) is 3.15. The topological polar surface area (TPSA) is 71.5 Å². The van der Waals surface area contributed by atoms with Crippen LogP contribution in [-0.2, 0) is 32.1 Å². The fourth-order valence-electron chi connectivity index (χ4n) is 5.34. The molecule has 1 amide bonds. The zero-order valence-corrected chi connectivity index (χ0v) is 24.5. The van der Waals surface area contributed by atoms with Crippen molar-refractivity contribution in [2.24, 2.45) is 0 Å². The predicted octanol–water partition coefficient (Wildman–Crippen LogP) is 7.14. The maximum atomic E-state index is 14.0. The van der Waals surface area contributed by atoms with Gasteiger partial charge in [0.2, 0.25) is 5.91 Å². The Labute approximate surface area is 249 Å². The molecule has 1 aromatic heterocycles. The number of hydrogen-bond donors (Lipinski definition) is 1. The first-order valence-corrected chi connectivity index (χ1v) is 13.5. The van der Waals surface area contributed by atoms with Gasteiger partial charge in [-0.3, -0.25) is 19.9 Å². The minimum absolute atomic E-state index is 0.00758. The van der Waals surface area contributed by atoms with Gasteiger partial charge in [-0.1, -0.05) is 6.07 Å². The molecule has 0 spiro atoms. The van der Waals surface area contributed by atoms with Crippen LogP contribution in [0.25, 0.3) is 11.1 Å². The minimum atomic E-state index is -5.09. The van der Waals surface area contributed by atoms with Crippen LogP contribution in [0.3, 0.4) is 0 Å². The number of carbonyl (C=O) groups excluding carboxylic acids is 2. The van der Waals surface area contributed by atoms with E-state index in [9.17, 15) is 40.3 Å². The third kappa shape index (κ3) is 6.57. The number of aryl methyl sites for hydroxylation is 1. The monoisotopic (exact) mass is 625 g/mol. The molecule has 2 atom stereocenters. The van der Waals surface area contributed by atoms with Gasteiger partial charge in [-0.15, -0.1) is 0 Å². The lowest BCUT2D eigenvalue weighted by Gasteiger charge is -2.32.